The van der Waals surface area contributed by atoms with E-state index in [0.717, 1.165) is 60.9 Å². The zero-order valence-corrected chi connectivity index (χ0v) is 15.5. The molecular weight excluding hydrogens is 332 g/mol. The number of ether oxygens (including phenoxy) is 3. The summed E-state index contributed by atoms with van der Waals surface area (Å²) in [6, 6.07) is 8.02. The lowest BCUT2D eigenvalue weighted by Crippen LogP contribution is -2.26. The maximum Gasteiger partial charge on any atom is 0.165 e. The van der Waals surface area contributed by atoms with Crippen LogP contribution in [0.5, 0.6) is 11.5 Å². The summed E-state index contributed by atoms with van der Waals surface area (Å²) in [5.74, 6) is 2.42. The maximum atomic E-state index is 5.66. The Hall–Kier alpha value is -2.02. The summed E-state index contributed by atoms with van der Waals surface area (Å²) in [5, 5.41) is 6.87. The standard InChI is InChI=1S/C20H28N2O4/c1-23-19-10-15(11-21-13-17-5-3-7-25-17)9-16(20(19)24-2)12-22-14-18-6-4-8-26-18/h4,6,8-10,17,21-22H,3,5,7,11-14H2,1-2H3. The third-order valence-corrected chi connectivity index (χ3v) is 4.54. The van der Waals surface area contributed by atoms with Gasteiger partial charge in [0.05, 0.1) is 33.1 Å². The Morgan fingerprint density at radius 2 is 2.04 bits per heavy atom. The number of hydrogen-bond donors (Lipinski definition) is 2. The highest BCUT2D eigenvalue weighted by molar-refractivity contribution is 5.49. The monoisotopic (exact) mass is 360 g/mol. The van der Waals surface area contributed by atoms with Gasteiger partial charge in [-0.1, -0.05) is 0 Å². The quantitative estimate of drug-likeness (QED) is 0.679. The third kappa shape index (κ3) is 5.00. The van der Waals surface area contributed by atoms with Gasteiger partial charge in [0.15, 0.2) is 11.5 Å². The molecule has 0 radical (unpaired) electrons. The molecule has 0 saturated carbocycles. The Morgan fingerprint density at radius 3 is 2.73 bits per heavy atom. The van der Waals surface area contributed by atoms with Crippen molar-refractivity contribution in [3.8, 4) is 11.5 Å². The van der Waals surface area contributed by atoms with Crippen LogP contribution >= 0.6 is 0 Å². The average Bonchev–Trinajstić information content (AvgIpc) is 3.35. The molecule has 6 heteroatoms. The van der Waals surface area contributed by atoms with Gasteiger partial charge >= 0.3 is 0 Å². The van der Waals surface area contributed by atoms with Crippen molar-refractivity contribution in [2.45, 2.75) is 38.6 Å². The van der Waals surface area contributed by atoms with Gasteiger partial charge in [-0.2, -0.15) is 0 Å². The lowest BCUT2D eigenvalue weighted by molar-refractivity contribution is 0.110. The topological polar surface area (TPSA) is 64.9 Å². The molecule has 6 nitrogen and oxygen atoms in total. The fraction of sp³-hybridized carbons (Fsp3) is 0.500. The highest BCUT2D eigenvalue weighted by Crippen LogP contribution is 2.32. The van der Waals surface area contributed by atoms with E-state index in [0.29, 0.717) is 19.2 Å². The zero-order valence-electron chi connectivity index (χ0n) is 15.5. The number of rotatable bonds is 10. The van der Waals surface area contributed by atoms with E-state index in [2.05, 4.69) is 16.7 Å². The van der Waals surface area contributed by atoms with Gasteiger partial charge in [-0.05, 0) is 42.7 Å². The minimum atomic E-state index is 0.338. The number of furan rings is 1. The first kappa shape index (κ1) is 18.8. The summed E-state index contributed by atoms with van der Waals surface area (Å²) in [6.07, 6.45) is 4.32. The maximum absolute atomic E-state index is 5.66. The van der Waals surface area contributed by atoms with E-state index < -0.39 is 0 Å². The van der Waals surface area contributed by atoms with Crippen molar-refractivity contribution in [2.24, 2.45) is 0 Å². The van der Waals surface area contributed by atoms with E-state index in [1.807, 2.05) is 18.2 Å². The molecule has 1 aliphatic rings. The highest BCUT2D eigenvalue weighted by atomic mass is 16.5. The van der Waals surface area contributed by atoms with Crippen LogP contribution in [0.2, 0.25) is 0 Å². The van der Waals surface area contributed by atoms with Crippen LogP contribution in [-0.2, 0) is 24.4 Å². The SMILES string of the molecule is COc1cc(CNCC2CCCO2)cc(CNCc2ccco2)c1OC. The molecule has 3 rings (SSSR count). The van der Waals surface area contributed by atoms with E-state index in [1.54, 1.807) is 20.5 Å². The molecule has 1 unspecified atom stereocenters. The molecule has 2 N–H and O–H groups in total. The van der Waals surface area contributed by atoms with Crippen LogP contribution in [0.25, 0.3) is 0 Å². The van der Waals surface area contributed by atoms with Gasteiger partial charge in [-0.15, -0.1) is 0 Å². The van der Waals surface area contributed by atoms with Gasteiger partial charge in [-0.3, -0.25) is 0 Å². The zero-order chi connectivity index (χ0) is 18.2. The average molecular weight is 360 g/mol. The Bertz CT molecular complexity index is 667. The predicted molar refractivity (Wildman–Crippen MR) is 99.5 cm³/mol. The van der Waals surface area contributed by atoms with Crippen molar-refractivity contribution in [2.75, 3.05) is 27.4 Å². The molecule has 0 bridgehead atoms. The minimum Gasteiger partial charge on any atom is -0.493 e. The second-order valence-electron chi connectivity index (χ2n) is 6.44. The van der Waals surface area contributed by atoms with Crippen LogP contribution in [0.3, 0.4) is 0 Å². The van der Waals surface area contributed by atoms with Crippen LogP contribution in [0.1, 0.15) is 29.7 Å². The Labute approximate surface area is 154 Å². The fourth-order valence-electron chi connectivity index (χ4n) is 3.26. The lowest BCUT2D eigenvalue weighted by Gasteiger charge is -2.16. The summed E-state index contributed by atoms with van der Waals surface area (Å²) in [5.41, 5.74) is 2.22. The summed E-state index contributed by atoms with van der Waals surface area (Å²) >= 11 is 0. The molecule has 1 atom stereocenters. The summed E-state index contributed by atoms with van der Waals surface area (Å²) in [4.78, 5) is 0. The first-order valence-corrected chi connectivity index (χ1v) is 9.09. The molecule has 2 aromatic rings. The van der Waals surface area contributed by atoms with E-state index in [9.17, 15) is 0 Å². The number of benzene rings is 1. The van der Waals surface area contributed by atoms with E-state index >= 15 is 0 Å². The van der Waals surface area contributed by atoms with Crippen molar-refractivity contribution in [1.82, 2.24) is 10.6 Å². The molecular formula is C20H28N2O4. The number of methoxy groups -OCH3 is 2. The van der Waals surface area contributed by atoms with Crippen LogP contribution in [0.15, 0.2) is 34.9 Å². The van der Waals surface area contributed by atoms with Gasteiger partial charge in [0.1, 0.15) is 5.76 Å². The molecule has 0 amide bonds. The summed E-state index contributed by atoms with van der Waals surface area (Å²) in [6.45, 7) is 3.86. The predicted octanol–water partition coefficient (Wildman–Crippen LogP) is 2.86. The molecule has 1 aliphatic heterocycles. The Kier molecular flexibility index (Phi) is 6.94. The molecule has 0 spiro atoms. The summed E-state index contributed by atoms with van der Waals surface area (Å²) in [7, 11) is 3.34. The van der Waals surface area contributed by atoms with Crippen LogP contribution < -0.4 is 20.1 Å². The Morgan fingerprint density at radius 1 is 1.12 bits per heavy atom. The fourth-order valence-corrected chi connectivity index (χ4v) is 3.26. The van der Waals surface area contributed by atoms with Gasteiger partial charge in [0.2, 0.25) is 0 Å². The van der Waals surface area contributed by atoms with E-state index in [-0.39, 0.29) is 0 Å². The van der Waals surface area contributed by atoms with E-state index in [1.165, 1.54) is 0 Å². The van der Waals surface area contributed by atoms with Crippen molar-refractivity contribution >= 4 is 0 Å². The second kappa shape index (κ2) is 9.62. The molecule has 1 fully saturated rings. The smallest absolute Gasteiger partial charge is 0.165 e. The summed E-state index contributed by atoms with van der Waals surface area (Å²) < 4.78 is 22.1. The minimum absolute atomic E-state index is 0.338. The molecule has 1 saturated heterocycles. The molecule has 1 aromatic heterocycles. The van der Waals surface area contributed by atoms with Crippen molar-refractivity contribution in [1.29, 1.82) is 0 Å². The third-order valence-electron chi connectivity index (χ3n) is 4.54. The van der Waals surface area contributed by atoms with E-state index in [4.69, 9.17) is 18.6 Å². The number of nitrogens with one attached hydrogen (secondary N) is 2. The molecule has 1 aromatic carbocycles. The normalized spacial score (nSPS) is 16.8. The molecule has 0 aliphatic carbocycles. The number of hydrogen-bond acceptors (Lipinski definition) is 6. The first-order valence-electron chi connectivity index (χ1n) is 9.09. The first-order chi connectivity index (χ1) is 12.8. The molecule has 2 heterocycles. The van der Waals surface area contributed by atoms with Crippen molar-refractivity contribution < 1.29 is 18.6 Å². The van der Waals surface area contributed by atoms with Crippen molar-refractivity contribution in [3.05, 3.63) is 47.4 Å². The van der Waals surface area contributed by atoms with Crippen LogP contribution in [0.4, 0.5) is 0 Å². The van der Waals surface area contributed by atoms with Gasteiger partial charge in [0.25, 0.3) is 0 Å². The van der Waals surface area contributed by atoms with Crippen LogP contribution in [-0.4, -0.2) is 33.5 Å². The molecule has 142 valence electrons. The van der Waals surface area contributed by atoms with Gasteiger partial charge in [0, 0.05) is 31.8 Å². The van der Waals surface area contributed by atoms with Crippen molar-refractivity contribution in [3.63, 3.8) is 0 Å². The van der Waals surface area contributed by atoms with Crippen LogP contribution in [0, 0.1) is 0 Å². The second-order valence-corrected chi connectivity index (χ2v) is 6.44. The Balaban J connectivity index is 1.62. The van der Waals surface area contributed by atoms with Gasteiger partial charge < -0.3 is 29.3 Å². The van der Waals surface area contributed by atoms with Gasteiger partial charge in [-0.25, -0.2) is 0 Å². The largest absolute Gasteiger partial charge is 0.493 e. The highest BCUT2D eigenvalue weighted by Gasteiger charge is 2.16. The molecule has 26 heavy (non-hydrogen) atoms. The lowest BCUT2D eigenvalue weighted by atomic mass is 10.1.